The number of nitrogens with one attached hydrogen (secondary N) is 1. The maximum atomic E-state index is 12.9. The molecule has 3 heterocycles. The molecule has 0 bridgehead atoms. The summed E-state index contributed by atoms with van der Waals surface area (Å²) in [5.74, 6) is 0.281. The Balaban J connectivity index is 1.73. The van der Waals surface area contributed by atoms with Crippen LogP contribution in [0.1, 0.15) is 18.4 Å². The molecule has 9 heteroatoms. The zero-order valence-corrected chi connectivity index (χ0v) is 16.2. The Bertz CT molecular complexity index is 1020. The number of halogens is 3. The lowest BCUT2D eigenvalue weighted by Gasteiger charge is -2.30. The van der Waals surface area contributed by atoms with E-state index in [-0.39, 0.29) is 17.4 Å². The quantitative estimate of drug-likeness (QED) is 0.708. The van der Waals surface area contributed by atoms with Crippen molar-refractivity contribution < 1.29 is 17.9 Å². The lowest BCUT2D eigenvalue weighted by Crippen LogP contribution is -2.40. The van der Waals surface area contributed by atoms with E-state index in [0.717, 1.165) is 25.9 Å². The molecule has 0 saturated carbocycles. The fraction of sp³-hybridized carbons (Fsp3) is 0.400. The number of ether oxygens (including phenoxy) is 1. The molecule has 1 fully saturated rings. The van der Waals surface area contributed by atoms with Crippen LogP contribution >= 0.6 is 0 Å². The molecule has 1 atom stereocenters. The zero-order chi connectivity index (χ0) is 20.6. The van der Waals surface area contributed by atoms with Crippen LogP contribution in [0.3, 0.4) is 0 Å². The fourth-order valence-electron chi connectivity index (χ4n) is 3.75. The first-order chi connectivity index (χ1) is 13.8. The van der Waals surface area contributed by atoms with Crippen molar-refractivity contribution in [3.63, 3.8) is 0 Å². The van der Waals surface area contributed by atoms with Crippen molar-refractivity contribution in [2.24, 2.45) is 0 Å². The molecule has 154 valence electrons. The van der Waals surface area contributed by atoms with E-state index in [9.17, 15) is 13.2 Å². The van der Waals surface area contributed by atoms with Crippen molar-refractivity contribution >= 4 is 11.5 Å². The predicted molar refractivity (Wildman–Crippen MR) is 104 cm³/mol. The van der Waals surface area contributed by atoms with E-state index in [2.05, 4.69) is 32.2 Å². The number of alkyl halides is 3. The first-order valence-corrected chi connectivity index (χ1v) is 9.46. The second-order valence-electron chi connectivity index (χ2n) is 7.43. The van der Waals surface area contributed by atoms with Crippen LogP contribution in [0.2, 0.25) is 0 Å². The van der Waals surface area contributed by atoms with E-state index in [4.69, 9.17) is 0 Å². The first-order valence-electron chi connectivity index (χ1n) is 9.46. The van der Waals surface area contributed by atoms with E-state index in [1.807, 2.05) is 16.7 Å². The Morgan fingerprint density at radius 1 is 1.21 bits per heavy atom. The molecule has 1 aliphatic rings. The Labute approximate surface area is 166 Å². The van der Waals surface area contributed by atoms with Gasteiger partial charge in [0.15, 0.2) is 0 Å². The number of rotatable bonds is 4. The molecule has 0 radical (unpaired) electrons. The Kier molecular flexibility index (Phi) is 5.08. The standard InChI is InChI=1S/C20H22F3N5O/c1-13-7-8-15(17(11-13)29-20(21,22)23)18-16-6-4-10-28(16)19(26-25-18)24-14-5-3-9-27(2)12-14/h4,6-8,10-11,14H,3,5,9,12H2,1-2H3,(H,24,26)/t14-/m1/s1. The molecule has 1 aliphatic heterocycles. The number of benzene rings is 1. The number of hydrogen-bond donors (Lipinski definition) is 1. The fourth-order valence-corrected chi connectivity index (χ4v) is 3.75. The van der Waals surface area contributed by atoms with Gasteiger partial charge in [0.25, 0.3) is 0 Å². The van der Waals surface area contributed by atoms with Gasteiger partial charge in [0.1, 0.15) is 11.4 Å². The van der Waals surface area contributed by atoms with Gasteiger partial charge in [0.05, 0.1) is 5.52 Å². The van der Waals surface area contributed by atoms with Gasteiger partial charge in [0.2, 0.25) is 5.95 Å². The maximum Gasteiger partial charge on any atom is 0.573 e. The Morgan fingerprint density at radius 3 is 2.79 bits per heavy atom. The molecule has 0 amide bonds. The highest BCUT2D eigenvalue weighted by Gasteiger charge is 2.33. The third-order valence-electron chi connectivity index (χ3n) is 5.04. The van der Waals surface area contributed by atoms with E-state index in [1.54, 1.807) is 25.1 Å². The van der Waals surface area contributed by atoms with Crippen LogP contribution in [0.15, 0.2) is 36.5 Å². The number of likely N-dealkylation sites (N-methyl/N-ethyl adjacent to an activating group) is 1. The highest BCUT2D eigenvalue weighted by Crippen LogP contribution is 2.36. The van der Waals surface area contributed by atoms with Gasteiger partial charge in [-0.2, -0.15) is 0 Å². The number of aromatic nitrogens is 3. The molecule has 4 rings (SSSR count). The maximum absolute atomic E-state index is 12.9. The Morgan fingerprint density at radius 2 is 2.03 bits per heavy atom. The highest BCUT2D eigenvalue weighted by molar-refractivity contribution is 5.81. The number of hydrogen-bond acceptors (Lipinski definition) is 5. The molecular formula is C20H22F3N5O. The third-order valence-corrected chi connectivity index (χ3v) is 5.04. The summed E-state index contributed by atoms with van der Waals surface area (Å²) < 4.78 is 44.8. The minimum atomic E-state index is -4.79. The second kappa shape index (κ2) is 7.55. The van der Waals surface area contributed by atoms with Gasteiger partial charge in [-0.1, -0.05) is 6.07 Å². The van der Waals surface area contributed by atoms with E-state index in [0.29, 0.717) is 22.7 Å². The van der Waals surface area contributed by atoms with Crippen LogP contribution in [-0.4, -0.2) is 52.0 Å². The van der Waals surface area contributed by atoms with Gasteiger partial charge in [-0.15, -0.1) is 23.4 Å². The summed E-state index contributed by atoms with van der Waals surface area (Å²) in [6, 6.07) is 8.52. The van der Waals surface area contributed by atoms with E-state index >= 15 is 0 Å². The third kappa shape index (κ3) is 4.29. The van der Waals surface area contributed by atoms with Crippen molar-refractivity contribution in [1.29, 1.82) is 0 Å². The molecule has 0 unspecified atom stereocenters. The van der Waals surface area contributed by atoms with Gasteiger partial charge in [-0.05, 0) is 63.2 Å². The molecule has 0 aliphatic carbocycles. The second-order valence-corrected chi connectivity index (χ2v) is 7.43. The number of aryl methyl sites for hydroxylation is 1. The molecule has 6 nitrogen and oxygen atoms in total. The number of fused-ring (bicyclic) bond motifs is 1. The summed E-state index contributed by atoms with van der Waals surface area (Å²) in [4.78, 5) is 2.25. The van der Waals surface area contributed by atoms with Gasteiger partial charge in [-0.25, -0.2) is 0 Å². The van der Waals surface area contributed by atoms with E-state index < -0.39 is 6.36 Å². The summed E-state index contributed by atoms with van der Waals surface area (Å²) in [6.45, 7) is 3.67. The lowest BCUT2D eigenvalue weighted by atomic mass is 10.1. The normalized spacial score (nSPS) is 18.2. The molecule has 1 N–H and O–H groups in total. The molecule has 1 saturated heterocycles. The minimum absolute atomic E-state index is 0.239. The first kappa shape index (κ1) is 19.5. The number of piperidine rings is 1. The average Bonchev–Trinajstić information content (AvgIpc) is 3.12. The van der Waals surface area contributed by atoms with Crippen LogP contribution in [0.5, 0.6) is 5.75 Å². The lowest BCUT2D eigenvalue weighted by molar-refractivity contribution is -0.274. The Hall–Kier alpha value is -2.81. The minimum Gasteiger partial charge on any atom is -0.405 e. The molecule has 0 spiro atoms. The number of nitrogens with zero attached hydrogens (tertiary/aromatic N) is 4. The van der Waals surface area contributed by atoms with Crippen molar-refractivity contribution in [2.45, 2.75) is 32.2 Å². The highest BCUT2D eigenvalue weighted by atomic mass is 19.4. The number of likely N-dealkylation sites (tertiary alicyclic amines) is 1. The monoisotopic (exact) mass is 405 g/mol. The average molecular weight is 405 g/mol. The van der Waals surface area contributed by atoms with Gasteiger partial charge in [0, 0.05) is 24.3 Å². The summed E-state index contributed by atoms with van der Waals surface area (Å²) >= 11 is 0. The summed E-state index contributed by atoms with van der Waals surface area (Å²) in [7, 11) is 2.08. The van der Waals surface area contributed by atoms with Crippen LogP contribution in [-0.2, 0) is 0 Å². The van der Waals surface area contributed by atoms with Crippen LogP contribution < -0.4 is 10.1 Å². The van der Waals surface area contributed by atoms with Crippen LogP contribution in [0.25, 0.3) is 16.8 Å². The largest absolute Gasteiger partial charge is 0.573 e. The van der Waals surface area contributed by atoms with Gasteiger partial charge in [-0.3, -0.25) is 4.40 Å². The van der Waals surface area contributed by atoms with Gasteiger partial charge >= 0.3 is 6.36 Å². The zero-order valence-electron chi connectivity index (χ0n) is 16.2. The van der Waals surface area contributed by atoms with E-state index in [1.165, 1.54) is 6.07 Å². The van der Waals surface area contributed by atoms with Crippen molar-refractivity contribution in [2.75, 3.05) is 25.5 Å². The molecule has 2 aromatic heterocycles. The number of anilines is 1. The van der Waals surface area contributed by atoms with Gasteiger partial charge < -0.3 is 15.0 Å². The van der Waals surface area contributed by atoms with Crippen LogP contribution in [0.4, 0.5) is 19.1 Å². The molecule has 3 aromatic rings. The summed E-state index contributed by atoms with van der Waals surface area (Å²) in [5, 5.41) is 12.0. The van der Waals surface area contributed by atoms with Crippen molar-refractivity contribution in [3.05, 3.63) is 42.1 Å². The molecule has 29 heavy (non-hydrogen) atoms. The smallest absolute Gasteiger partial charge is 0.405 e. The summed E-state index contributed by atoms with van der Waals surface area (Å²) in [5.41, 5.74) is 1.89. The predicted octanol–water partition coefficient (Wildman–Crippen LogP) is 4.11. The molecular weight excluding hydrogens is 383 g/mol. The topological polar surface area (TPSA) is 54.7 Å². The SMILES string of the molecule is Cc1ccc(-c2nnc(N[C@@H]3CCCN(C)C3)n3cccc23)c(OC(F)(F)F)c1. The summed E-state index contributed by atoms with van der Waals surface area (Å²) in [6.07, 6.45) is -0.850. The molecule has 1 aromatic carbocycles. The van der Waals surface area contributed by atoms with Crippen molar-refractivity contribution in [3.8, 4) is 17.0 Å². The van der Waals surface area contributed by atoms with Crippen molar-refractivity contribution in [1.82, 2.24) is 19.5 Å². The van der Waals surface area contributed by atoms with Crippen LogP contribution in [0, 0.1) is 6.92 Å².